The van der Waals surface area contributed by atoms with E-state index in [1.807, 2.05) is 49.1 Å². The number of pyridine rings is 1. The summed E-state index contributed by atoms with van der Waals surface area (Å²) in [6, 6.07) is 16.3. The standard InChI is InChI=1S/C39H46ClN9O5S/c1-5-25-17-28(49-38(55)48(37(53)39(49,3)4)29-19-30(40)32(20-41)42-21-29)9-11-33(25)54-16-15-46-13-14-47(24(2)22-46)23-35(51)44-27-8-6-7-26(18-27)43-31-10-12-34(50)45-36(31)52/h6-9,11,17-19,21,24,31,38,43,55H,5,10,12-16,22-23H2,1-4H3,(H,44,51)(H,45,50,52)/t24-,31?,38+/m1/s1. The fourth-order valence-corrected chi connectivity index (χ4v) is 8.15. The summed E-state index contributed by atoms with van der Waals surface area (Å²) in [6.45, 7) is 11.7. The SMILES string of the molecule is CCc1cc(N2[C@@H](S)N(c3cnc(C#N)c(Cl)c3)C(=O)C2(C)C)ccc1OCCN1CCN(CC(=O)Nc2cccc(NC3CCC(=O)NC3=O)c2)[C@H](C)C1. The monoisotopic (exact) mass is 787 g/mol. The maximum absolute atomic E-state index is 13.7. The van der Waals surface area contributed by atoms with Crippen molar-refractivity contribution < 1.29 is 23.9 Å². The Hall–Kier alpha value is -4.88. The Morgan fingerprint density at radius 3 is 2.62 bits per heavy atom. The van der Waals surface area contributed by atoms with Crippen LogP contribution in [0.4, 0.5) is 22.7 Å². The van der Waals surface area contributed by atoms with Crippen LogP contribution in [0.15, 0.2) is 54.7 Å². The molecule has 0 bridgehead atoms. The number of aryl methyl sites for hydroxylation is 1. The number of nitrogens with zero attached hydrogens (tertiary/aromatic N) is 6. The maximum atomic E-state index is 13.7. The first-order chi connectivity index (χ1) is 26.3. The van der Waals surface area contributed by atoms with Gasteiger partial charge in [-0.15, -0.1) is 12.6 Å². The average molecular weight is 788 g/mol. The molecule has 4 heterocycles. The molecule has 3 aliphatic heterocycles. The zero-order valence-electron chi connectivity index (χ0n) is 31.3. The Bertz CT molecular complexity index is 2010. The van der Waals surface area contributed by atoms with Crippen molar-refractivity contribution in [3.8, 4) is 11.8 Å². The average Bonchev–Trinajstić information content (AvgIpc) is 3.32. The van der Waals surface area contributed by atoms with Crippen LogP contribution in [0.3, 0.4) is 0 Å². The Labute approximate surface area is 331 Å². The van der Waals surface area contributed by atoms with Crippen LogP contribution < -0.4 is 30.5 Å². The van der Waals surface area contributed by atoms with E-state index in [-0.39, 0.29) is 53.4 Å². The molecule has 3 atom stereocenters. The second-order valence-corrected chi connectivity index (χ2v) is 15.3. The molecule has 290 valence electrons. The summed E-state index contributed by atoms with van der Waals surface area (Å²) < 4.78 is 6.31. The van der Waals surface area contributed by atoms with E-state index in [0.717, 1.165) is 49.6 Å². The van der Waals surface area contributed by atoms with Crippen molar-refractivity contribution >= 4 is 70.6 Å². The highest BCUT2D eigenvalue weighted by Crippen LogP contribution is 2.41. The number of aromatic nitrogens is 1. The van der Waals surface area contributed by atoms with Crippen molar-refractivity contribution in [1.29, 1.82) is 5.26 Å². The van der Waals surface area contributed by atoms with Gasteiger partial charge >= 0.3 is 0 Å². The first kappa shape index (κ1) is 39.8. The van der Waals surface area contributed by atoms with Gasteiger partial charge < -0.3 is 20.3 Å². The molecule has 6 rings (SSSR count). The van der Waals surface area contributed by atoms with Crippen LogP contribution in [-0.2, 0) is 25.6 Å². The van der Waals surface area contributed by atoms with E-state index in [1.54, 1.807) is 24.3 Å². The fourth-order valence-electron chi connectivity index (χ4n) is 7.29. The lowest BCUT2D eigenvalue weighted by molar-refractivity contribution is -0.133. The molecular weight excluding hydrogens is 742 g/mol. The Kier molecular flexibility index (Phi) is 12.2. The second kappa shape index (κ2) is 16.9. The summed E-state index contributed by atoms with van der Waals surface area (Å²) >= 11 is 11.1. The zero-order valence-corrected chi connectivity index (χ0v) is 33.0. The number of ether oxygens (including phenoxy) is 1. The van der Waals surface area contributed by atoms with Crippen LogP contribution in [0.5, 0.6) is 5.75 Å². The molecule has 1 aromatic heterocycles. The van der Waals surface area contributed by atoms with Crippen molar-refractivity contribution in [2.75, 3.05) is 59.8 Å². The van der Waals surface area contributed by atoms with Gasteiger partial charge in [-0.2, -0.15) is 5.26 Å². The van der Waals surface area contributed by atoms with Gasteiger partial charge in [-0.25, -0.2) is 4.98 Å². The molecule has 3 N–H and O–H groups in total. The number of rotatable bonds is 12. The molecular formula is C39H46ClN9O5S. The highest BCUT2D eigenvalue weighted by atomic mass is 35.5. The molecule has 3 aliphatic rings. The first-order valence-corrected chi connectivity index (χ1v) is 19.3. The van der Waals surface area contributed by atoms with Gasteiger partial charge in [-0.3, -0.25) is 39.2 Å². The molecule has 0 radical (unpaired) electrons. The molecule has 3 fully saturated rings. The van der Waals surface area contributed by atoms with Crippen molar-refractivity contribution in [2.24, 2.45) is 0 Å². The third kappa shape index (κ3) is 8.83. The topological polar surface area (TPSA) is 163 Å². The number of hydrogen-bond donors (Lipinski definition) is 4. The van der Waals surface area contributed by atoms with Gasteiger partial charge in [0.15, 0.2) is 11.2 Å². The van der Waals surface area contributed by atoms with Gasteiger partial charge in [0.2, 0.25) is 17.7 Å². The molecule has 3 aromatic rings. The zero-order chi connectivity index (χ0) is 39.4. The minimum atomic E-state index is -0.929. The van der Waals surface area contributed by atoms with Gasteiger partial charge in [-0.05, 0) is 81.6 Å². The van der Waals surface area contributed by atoms with Crippen molar-refractivity contribution in [3.05, 3.63) is 71.0 Å². The lowest BCUT2D eigenvalue weighted by Crippen LogP contribution is -2.54. The van der Waals surface area contributed by atoms with Gasteiger partial charge in [0, 0.05) is 55.7 Å². The lowest BCUT2D eigenvalue weighted by atomic mass is 10.0. The third-order valence-corrected chi connectivity index (χ3v) is 11.1. The van der Waals surface area contributed by atoms with Gasteiger partial charge in [-0.1, -0.05) is 24.6 Å². The van der Waals surface area contributed by atoms with E-state index < -0.39 is 17.1 Å². The molecule has 0 saturated carbocycles. The third-order valence-electron chi connectivity index (χ3n) is 10.3. The smallest absolute Gasteiger partial charge is 0.254 e. The number of benzene rings is 2. The number of amides is 4. The number of piperidine rings is 1. The van der Waals surface area contributed by atoms with Crippen LogP contribution in [0.1, 0.15) is 51.8 Å². The van der Waals surface area contributed by atoms with Crippen molar-refractivity contribution in [1.82, 2.24) is 20.1 Å². The highest BCUT2D eigenvalue weighted by Gasteiger charge is 2.51. The summed E-state index contributed by atoms with van der Waals surface area (Å²) in [4.78, 5) is 62.4. The van der Waals surface area contributed by atoms with Crippen LogP contribution in [0.2, 0.25) is 5.02 Å². The first-order valence-electron chi connectivity index (χ1n) is 18.4. The number of hydrogen-bond acceptors (Lipinski definition) is 12. The van der Waals surface area contributed by atoms with Crippen LogP contribution in [-0.4, -0.2) is 101 Å². The summed E-state index contributed by atoms with van der Waals surface area (Å²) in [5.41, 5.74) is 2.12. The molecule has 1 unspecified atom stereocenters. The maximum Gasteiger partial charge on any atom is 0.254 e. The van der Waals surface area contributed by atoms with E-state index in [9.17, 15) is 24.4 Å². The molecule has 14 nitrogen and oxygen atoms in total. The van der Waals surface area contributed by atoms with E-state index in [4.69, 9.17) is 29.0 Å². The molecule has 16 heteroatoms. The van der Waals surface area contributed by atoms with E-state index in [0.29, 0.717) is 30.1 Å². The number of piperazine rings is 1. The fraction of sp³-hybridized carbons (Fsp3) is 0.436. The Morgan fingerprint density at radius 2 is 1.91 bits per heavy atom. The van der Waals surface area contributed by atoms with Crippen LogP contribution in [0, 0.1) is 11.3 Å². The highest BCUT2D eigenvalue weighted by molar-refractivity contribution is 7.81. The van der Waals surface area contributed by atoms with Crippen molar-refractivity contribution in [3.63, 3.8) is 0 Å². The van der Waals surface area contributed by atoms with Crippen molar-refractivity contribution in [2.45, 2.75) is 70.1 Å². The number of imide groups is 1. The molecule has 4 amide bonds. The van der Waals surface area contributed by atoms with Crippen LogP contribution in [0.25, 0.3) is 0 Å². The largest absolute Gasteiger partial charge is 0.492 e. The lowest BCUT2D eigenvalue weighted by Gasteiger charge is -2.39. The second-order valence-electron chi connectivity index (χ2n) is 14.5. The Morgan fingerprint density at radius 1 is 1.13 bits per heavy atom. The minimum Gasteiger partial charge on any atom is -0.492 e. The molecule has 55 heavy (non-hydrogen) atoms. The Balaban J connectivity index is 0.991. The predicted molar refractivity (Wildman–Crippen MR) is 214 cm³/mol. The molecule has 0 spiro atoms. The molecule has 0 aliphatic carbocycles. The number of nitriles is 1. The summed E-state index contributed by atoms with van der Waals surface area (Å²) in [5.74, 6) is -0.123. The minimum absolute atomic E-state index is 0.0905. The number of carbonyl (C=O) groups is 4. The number of nitrogens with one attached hydrogen (secondary N) is 3. The predicted octanol–water partition coefficient (Wildman–Crippen LogP) is 4.25. The molecule has 3 saturated heterocycles. The normalized spacial score (nSPS) is 21.6. The summed E-state index contributed by atoms with van der Waals surface area (Å²) in [7, 11) is 0. The number of anilines is 4. The number of halogens is 1. The molecule has 2 aromatic carbocycles. The van der Waals surface area contributed by atoms with Gasteiger partial charge in [0.25, 0.3) is 5.91 Å². The van der Waals surface area contributed by atoms with E-state index in [1.165, 1.54) is 11.1 Å². The van der Waals surface area contributed by atoms with Gasteiger partial charge in [0.1, 0.15) is 30.0 Å². The number of carbonyl (C=O) groups excluding carboxylic acids is 4. The number of thiol groups is 1. The summed E-state index contributed by atoms with van der Waals surface area (Å²) in [5, 5.41) is 17.9. The van der Waals surface area contributed by atoms with Crippen LogP contribution >= 0.6 is 24.2 Å². The summed E-state index contributed by atoms with van der Waals surface area (Å²) in [6.07, 6.45) is 2.89. The van der Waals surface area contributed by atoms with E-state index in [2.05, 4.69) is 44.6 Å². The van der Waals surface area contributed by atoms with E-state index >= 15 is 0 Å². The van der Waals surface area contributed by atoms with Gasteiger partial charge in [0.05, 0.1) is 23.5 Å². The quantitative estimate of drug-likeness (QED) is 0.153.